The van der Waals surface area contributed by atoms with Crippen LogP contribution in [0.4, 0.5) is 21.8 Å². The van der Waals surface area contributed by atoms with Crippen molar-refractivity contribution in [3.05, 3.63) is 65.8 Å². The third kappa shape index (κ3) is 4.88. The molecule has 0 saturated heterocycles. The number of amides is 1. The number of hydrogen-bond donors (Lipinski definition) is 3. The molecule has 0 spiro atoms. The number of carbonyl (C=O) groups is 2. The Kier molecular flexibility index (Phi) is 5.92. The summed E-state index contributed by atoms with van der Waals surface area (Å²) in [7, 11) is 0. The second-order valence-electron chi connectivity index (χ2n) is 7.48. The third-order valence-corrected chi connectivity index (χ3v) is 5.45. The van der Waals surface area contributed by atoms with Crippen LogP contribution in [0.25, 0.3) is 0 Å². The molecule has 0 atom stereocenters. The Hall–Kier alpha value is -3.75. The van der Waals surface area contributed by atoms with Crippen LogP contribution in [-0.2, 0) is 4.79 Å². The summed E-state index contributed by atoms with van der Waals surface area (Å²) in [5, 5.41) is 21.8. The highest BCUT2D eigenvalue weighted by molar-refractivity contribution is 6.00. The van der Waals surface area contributed by atoms with Crippen LogP contribution in [0.5, 0.6) is 0 Å². The zero-order valence-corrected chi connectivity index (χ0v) is 16.5. The Morgan fingerprint density at radius 2 is 1.71 bits per heavy atom. The number of carboxylic acid groups (broad SMARTS) is 1. The molecule has 4 rings (SSSR count). The van der Waals surface area contributed by atoms with Gasteiger partial charge in [0.05, 0.1) is 11.6 Å². The number of aromatic nitrogens is 2. The molecular formula is C22H21FN4O4. The van der Waals surface area contributed by atoms with Gasteiger partial charge in [0.15, 0.2) is 0 Å². The quantitative estimate of drug-likeness (QED) is 0.531. The maximum Gasteiger partial charge on any atom is 0.320 e. The predicted molar refractivity (Wildman–Crippen MR) is 111 cm³/mol. The molecule has 0 bridgehead atoms. The van der Waals surface area contributed by atoms with E-state index in [0.29, 0.717) is 24.4 Å². The monoisotopic (exact) mass is 424 g/mol. The van der Waals surface area contributed by atoms with Gasteiger partial charge in [-0.15, -0.1) is 5.10 Å². The van der Waals surface area contributed by atoms with Gasteiger partial charge in [0.1, 0.15) is 5.82 Å². The number of carbonyl (C=O) groups excluding carboxylic acids is 1. The molecule has 0 radical (unpaired) electrons. The fraction of sp³-hybridized carbons (Fsp3) is 0.273. The summed E-state index contributed by atoms with van der Waals surface area (Å²) >= 11 is 0. The summed E-state index contributed by atoms with van der Waals surface area (Å²) < 4.78 is 19.0. The Bertz CT molecular complexity index is 1080. The van der Waals surface area contributed by atoms with Crippen LogP contribution in [0.15, 0.2) is 52.9 Å². The van der Waals surface area contributed by atoms with Crippen LogP contribution >= 0.6 is 0 Å². The largest absolute Gasteiger partial charge is 0.481 e. The van der Waals surface area contributed by atoms with Gasteiger partial charge in [-0.3, -0.25) is 9.59 Å². The van der Waals surface area contributed by atoms with Gasteiger partial charge in [-0.05, 0) is 61.4 Å². The van der Waals surface area contributed by atoms with E-state index in [2.05, 4.69) is 20.8 Å². The molecule has 1 aromatic heterocycles. The topological polar surface area (TPSA) is 117 Å². The number of halogens is 1. The average molecular weight is 424 g/mol. The molecule has 8 nitrogen and oxygen atoms in total. The summed E-state index contributed by atoms with van der Waals surface area (Å²) in [5.74, 6) is -1.96. The van der Waals surface area contributed by atoms with E-state index in [-0.39, 0.29) is 23.5 Å². The van der Waals surface area contributed by atoms with E-state index in [0.717, 1.165) is 18.4 Å². The molecule has 1 amide bonds. The first-order chi connectivity index (χ1) is 15.0. The SMILES string of the molecule is O=C(Nc1ccc(C2CCC(C(=O)O)CC2)cc1)c1nnc(Nc2ccccc2F)o1. The Morgan fingerprint density at radius 3 is 2.39 bits per heavy atom. The minimum atomic E-state index is -0.718. The lowest BCUT2D eigenvalue weighted by atomic mass is 9.79. The van der Waals surface area contributed by atoms with E-state index in [1.165, 1.54) is 12.1 Å². The first-order valence-corrected chi connectivity index (χ1v) is 9.99. The lowest BCUT2D eigenvalue weighted by Gasteiger charge is -2.26. The van der Waals surface area contributed by atoms with Crippen molar-refractivity contribution in [3.63, 3.8) is 0 Å². The Morgan fingerprint density at radius 1 is 1.00 bits per heavy atom. The minimum absolute atomic E-state index is 0.0949. The highest BCUT2D eigenvalue weighted by Gasteiger charge is 2.26. The Balaban J connectivity index is 1.34. The van der Waals surface area contributed by atoms with E-state index >= 15 is 0 Å². The number of anilines is 3. The van der Waals surface area contributed by atoms with Crippen molar-refractivity contribution in [2.45, 2.75) is 31.6 Å². The molecule has 1 aliphatic rings. The normalized spacial score (nSPS) is 18.4. The number of para-hydroxylation sites is 1. The molecule has 31 heavy (non-hydrogen) atoms. The average Bonchev–Trinajstić information content (AvgIpc) is 3.25. The molecule has 1 fully saturated rings. The summed E-state index contributed by atoms with van der Waals surface area (Å²) in [6, 6.07) is 13.3. The second kappa shape index (κ2) is 8.95. The van der Waals surface area contributed by atoms with Crippen molar-refractivity contribution in [2.24, 2.45) is 5.92 Å². The zero-order chi connectivity index (χ0) is 21.8. The van der Waals surface area contributed by atoms with Crippen LogP contribution in [0.3, 0.4) is 0 Å². The number of carboxylic acids is 1. The molecule has 0 unspecified atom stereocenters. The molecule has 3 N–H and O–H groups in total. The van der Waals surface area contributed by atoms with E-state index in [1.54, 1.807) is 24.3 Å². The molecule has 2 aromatic carbocycles. The standard InChI is InChI=1S/C22H21FN4O4/c23-17-3-1-2-4-18(17)25-22-27-26-20(31-22)19(28)24-16-11-9-14(10-12-16)13-5-7-15(8-6-13)21(29)30/h1-4,9-13,15H,5-8H2,(H,24,28)(H,25,27)(H,29,30). The predicted octanol–water partition coefficient (Wildman–Crippen LogP) is 4.56. The number of nitrogens with zero attached hydrogens (tertiary/aromatic N) is 2. The lowest BCUT2D eigenvalue weighted by Crippen LogP contribution is -2.20. The molecule has 1 aliphatic carbocycles. The van der Waals surface area contributed by atoms with Gasteiger partial charge in [0, 0.05) is 5.69 Å². The van der Waals surface area contributed by atoms with Crippen LogP contribution in [-0.4, -0.2) is 27.2 Å². The van der Waals surface area contributed by atoms with Crippen molar-refractivity contribution in [1.82, 2.24) is 10.2 Å². The molecule has 0 aliphatic heterocycles. The first kappa shape index (κ1) is 20.5. The number of aliphatic carboxylic acids is 1. The van der Waals surface area contributed by atoms with Crippen molar-refractivity contribution in [1.29, 1.82) is 0 Å². The third-order valence-electron chi connectivity index (χ3n) is 5.45. The number of rotatable bonds is 6. The minimum Gasteiger partial charge on any atom is -0.481 e. The van der Waals surface area contributed by atoms with Crippen molar-refractivity contribution in [2.75, 3.05) is 10.6 Å². The van der Waals surface area contributed by atoms with E-state index in [4.69, 9.17) is 9.52 Å². The molecule has 1 heterocycles. The van der Waals surface area contributed by atoms with Gasteiger partial charge in [0.2, 0.25) is 0 Å². The van der Waals surface area contributed by atoms with Crippen LogP contribution < -0.4 is 10.6 Å². The van der Waals surface area contributed by atoms with Gasteiger partial charge in [-0.1, -0.05) is 29.4 Å². The molecule has 9 heteroatoms. The van der Waals surface area contributed by atoms with Gasteiger partial charge in [0.25, 0.3) is 0 Å². The fourth-order valence-corrected chi connectivity index (χ4v) is 3.74. The number of nitrogens with one attached hydrogen (secondary N) is 2. The van der Waals surface area contributed by atoms with Crippen LogP contribution in [0, 0.1) is 11.7 Å². The highest BCUT2D eigenvalue weighted by Crippen LogP contribution is 2.36. The zero-order valence-electron chi connectivity index (χ0n) is 16.5. The van der Waals surface area contributed by atoms with Gasteiger partial charge in [-0.2, -0.15) is 0 Å². The summed E-state index contributed by atoms with van der Waals surface area (Å²) in [4.78, 5) is 23.5. The van der Waals surface area contributed by atoms with Crippen molar-refractivity contribution >= 4 is 29.3 Å². The maximum atomic E-state index is 13.7. The second-order valence-corrected chi connectivity index (χ2v) is 7.48. The van der Waals surface area contributed by atoms with Crippen LogP contribution in [0.1, 0.15) is 47.8 Å². The van der Waals surface area contributed by atoms with Gasteiger partial charge < -0.3 is 20.2 Å². The molecule has 1 saturated carbocycles. The van der Waals surface area contributed by atoms with Crippen LogP contribution in [0.2, 0.25) is 0 Å². The van der Waals surface area contributed by atoms with E-state index in [1.807, 2.05) is 12.1 Å². The first-order valence-electron chi connectivity index (χ1n) is 9.99. The van der Waals surface area contributed by atoms with Crippen molar-refractivity contribution in [3.8, 4) is 0 Å². The number of hydrogen-bond acceptors (Lipinski definition) is 6. The van der Waals surface area contributed by atoms with Gasteiger partial charge in [-0.25, -0.2) is 4.39 Å². The Labute approximate surface area is 177 Å². The van der Waals surface area contributed by atoms with Gasteiger partial charge >= 0.3 is 23.8 Å². The summed E-state index contributed by atoms with van der Waals surface area (Å²) in [6.45, 7) is 0. The molecular weight excluding hydrogens is 403 g/mol. The van der Waals surface area contributed by atoms with Crippen molar-refractivity contribution < 1.29 is 23.5 Å². The van der Waals surface area contributed by atoms with E-state index in [9.17, 15) is 14.0 Å². The molecule has 160 valence electrons. The smallest absolute Gasteiger partial charge is 0.320 e. The molecule has 3 aromatic rings. The maximum absolute atomic E-state index is 13.7. The lowest BCUT2D eigenvalue weighted by molar-refractivity contribution is -0.142. The summed E-state index contributed by atoms with van der Waals surface area (Å²) in [6.07, 6.45) is 3.03. The number of benzene rings is 2. The highest BCUT2D eigenvalue weighted by atomic mass is 19.1. The summed E-state index contributed by atoms with van der Waals surface area (Å²) in [5.41, 5.74) is 1.84. The fourth-order valence-electron chi connectivity index (χ4n) is 3.74. The van der Waals surface area contributed by atoms with E-state index < -0.39 is 17.7 Å².